The molecule has 0 bridgehead atoms. The van der Waals surface area contributed by atoms with Gasteiger partial charge in [0.25, 0.3) is 0 Å². The Labute approximate surface area is 159 Å². The molecule has 6 nitrogen and oxygen atoms in total. The van der Waals surface area contributed by atoms with Gasteiger partial charge in [0, 0.05) is 13.5 Å². The Morgan fingerprint density at radius 1 is 1.11 bits per heavy atom. The maximum absolute atomic E-state index is 12.2. The molecule has 2 atom stereocenters. The minimum Gasteiger partial charge on any atom is -0.491 e. The smallest absolute Gasteiger partial charge is 0.222 e. The summed E-state index contributed by atoms with van der Waals surface area (Å²) in [5, 5.41) is 15.5. The van der Waals surface area contributed by atoms with E-state index in [0.717, 1.165) is 11.1 Å². The molecule has 0 fully saturated rings. The van der Waals surface area contributed by atoms with E-state index >= 15 is 0 Å². The minimum atomic E-state index is -0.828. The van der Waals surface area contributed by atoms with Crippen LogP contribution in [0.3, 0.4) is 0 Å². The summed E-state index contributed by atoms with van der Waals surface area (Å²) >= 11 is 0. The van der Waals surface area contributed by atoms with E-state index in [-0.39, 0.29) is 31.4 Å². The molecule has 3 N–H and O–H groups in total. The van der Waals surface area contributed by atoms with Crippen LogP contribution in [0.25, 0.3) is 0 Å². The number of nitrogens with one attached hydrogen (secondary N) is 2. The Morgan fingerprint density at radius 2 is 1.85 bits per heavy atom. The molecule has 0 saturated carbocycles. The molecule has 0 saturated heterocycles. The fourth-order valence-corrected chi connectivity index (χ4v) is 2.63. The summed E-state index contributed by atoms with van der Waals surface area (Å²) < 4.78 is 5.53. The van der Waals surface area contributed by atoms with Crippen molar-refractivity contribution >= 4 is 11.8 Å². The molecule has 0 aromatic heterocycles. The van der Waals surface area contributed by atoms with Gasteiger partial charge in [0.1, 0.15) is 18.5 Å². The van der Waals surface area contributed by atoms with Crippen LogP contribution in [0.1, 0.15) is 30.5 Å². The van der Waals surface area contributed by atoms with Crippen LogP contribution in [0.5, 0.6) is 5.75 Å². The van der Waals surface area contributed by atoms with E-state index in [1.54, 1.807) is 0 Å². The zero-order chi connectivity index (χ0) is 19.6. The van der Waals surface area contributed by atoms with Crippen molar-refractivity contribution in [3.63, 3.8) is 0 Å². The summed E-state index contributed by atoms with van der Waals surface area (Å²) in [6, 6.07) is 16.4. The van der Waals surface area contributed by atoms with Crippen molar-refractivity contribution in [1.82, 2.24) is 10.6 Å². The molecular weight excluding hydrogens is 344 g/mol. The number of hydrogen-bond donors (Lipinski definition) is 3. The van der Waals surface area contributed by atoms with Crippen LogP contribution >= 0.6 is 0 Å². The highest BCUT2D eigenvalue weighted by atomic mass is 16.5. The monoisotopic (exact) mass is 370 g/mol. The predicted molar refractivity (Wildman–Crippen MR) is 103 cm³/mol. The molecule has 2 unspecified atom stereocenters. The number of carbonyl (C=O) groups is 2. The number of rotatable bonds is 9. The van der Waals surface area contributed by atoms with E-state index in [2.05, 4.69) is 10.6 Å². The lowest BCUT2D eigenvalue weighted by Gasteiger charge is -2.19. The van der Waals surface area contributed by atoms with Gasteiger partial charge in [-0.25, -0.2) is 0 Å². The van der Waals surface area contributed by atoms with Crippen LogP contribution in [0.4, 0.5) is 0 Å². The van der Waals surface area contributed by atoms with Gasteiger partial charge < -0.3 is 20.5 Å². The molecule has 0 spiro atoms. The third kappa shape index (κ3) is 7.50. The predicted octanol–water partition coefficient (Wildman–Crippen LogP) is 2.12. The van der Waals surface area contributed by atoms with Crippen molar-refractivity contribution in [2.24, 2.45) is 0 Å². The number of carbonyl (C=O) groups excluding carboxylic acids is 2. The van der Waals surface area contributed by atoms with Crippen LogP contribution < -0.4 is 15.4 Å². The number of aliphatic hydroxyl groups excluding tert-OH is 1. The molecule has 144 valence electrons. The van der Waals surface area contributed by atoms with Gasteiger partial charge in [-0.3, -0.25) is 9.59 Å². The lowest BCUT2D eigenvalue weighted by atomic mass is 10.0. The van der Waals surface area contributed by atoms with E-state index in [9.17, 15) is 14.7 Å². The number of amides is 2. The summed E-state index contributed by atoms with van der Waals surface area (Å²) in [5.74, 6) is 0.214. The zero-order valence-electron chi connectivity index (χ0n) is 15.6. The summed E-state index contributed by atoms with van der Waals surface area (Å²) in [7, 11) is 0. The van der Waals surface area contributed by atoms with Gasteiger partial charge in [0.05, 0.1) is 12.5 Å². The Bertz CT molecular complexity index is 749. The number of aliphatic hydroxyl groups is 1. The van der Waals surface area contributed by atoms with Crippen LogP contribution in [0.15, 0.2) is 54.6 Å². The van der Waals surface area contributed by atoms with Gasteiger partial charge in [-0.1, -0.05) is 42.5 Å². The molecule has 0 aliphatic heterocycles. The number of aryl methyl sites for hydroxylation is 1. The molecular formula is C21H26N2O4. The lowest BCUT2D eigenvalue weighted by molar-refractivity contribution is -0.123. The van der Waals surface area contributed by atoms with Crippen molar-refractivity contribution < 1.29 is 19.4 Å². The quantitative estimate of drug-likeness (QED) is 0.631. The first kappa shape index (κ1) is 20.5. The first-order valence-electron chi connectivity index (χ1n) is 8.90. The SMILES string of the molecule is CC(=O)NC(CC(=O)NCC(O)COc1cccc(C)c1)c1ccccc1. The summed E-state index contributed by atoms with van der Waals surface area (Å²) in [5.41, 5.74) is 1.92. The second-order valence-electron chi connectivity index (χ2n) is 6.45. The third-order valence-corrected chi connectivity index (χ3v) is 3.94. The number of ether oxygens (including phenoxy) is 1. The van der Waals surface area contributed by atoms with Crippen molar-refractivity contribution in [2.75, 3.05) is 13.2 Å². The molecule has 6 heteroatoms. The summed E-state index contributed by atoms with van der Waals surface area (Å²) in [6.45, 7) is 3.53. The molecule has 2 amide bonds. The van der Waals surface area contributed by atoms with Gasteiger partial charge in [-0.05, 0) is 30.2 Å². The van der Waals surface area contributed by atoms with E-state index < -0.39 is 12.1 Å². The highest BCUT2D eigenvalue weighted by molar-refractivity contribution is 5.79. The van der Waals surface area contributed by atoms with Gasteiger partial charge in [-0.2, -0.15) is 0 Å². The van der Waals surface area contributed by atoms with E-state index in [1.165, 1.54) is 6.92 Å². The summed E-state index contributed by atoms with van der Waals surface area (Å²) in [4.78, 5) is 23.6. The molecule has 0 radical (unpaired) electrons. The van der Waals surface area contributed by atoms with Gasteiger partial charge in [-0.15, -0.1) is 0 Å². The van der Waals surface area contributed by atoms with Crippen molar-refractivity contribution in [3.8, 4) is 5.75 Å². The Balaban J connectivity index is 1.80. The molecule has 2 aromatic carbocycles. The van der Waals surface area contributed by atoms with E-state index in [1.807, 2.05) is 61.5 Å². The van der Waals surface area contributed by atoms with Crippen LogP contribution in [0.2, 0.25) is 0 Å². The first-order valence-corrected chi connectivity index (χ1v) is 8.90. The van der Waals surface area contributed by atoms with Gasteiger partial charge >= 0.3 is 0 Å². The molecule has 2 rings (SSSR count). The summed E-state index contributed by atoms with van der Waals surface area (Å²) in [6.07, 6.45) is -0.736. The fourth-order valence-electron chi connectivity index (χ4n) is 2.63. The van der Waals surface area contributed by atoms with Gasteiger partial charge in [0.2, 0.25) is 11.8 Å². The van der Waals surface area contributed by atoms with E-state index in [4.69, 9.17) is 4.74 Å². The van der Waals surface area contributed by atoms with E-state index in [0.29, 0.717) is 5.75 Å². The fraction of sp³-hybridized carbons (Fsp3) is 0.333. The second kappa shape index (κ2) is 10.3. The van der Waals surface area contributed by atoms with Crippen molar-refractivity contribution in [1.29, 1.82) is 0 Å². The topological polar surface area (TPSA) is 87.7 Å². The third-order valence-electron chi connectivity index (χ3n) is 3.94. The molecule has 0 heterocycles. The average Bonchev–Trinajstić information content (AvgIpc) is 2.64. The maximum atomic E-state index is 12.2. The highest BCUT2D eigenvalue weighted by Gasteiger charge is 2.17. The first-order chi connectivity index (χ1) is 12.9. The molecule has 27 heavy (non-hydrogen) atoms. The van der Waals surface area contributed by atoms with Crippen LogP contribution in [-0.4, -0.2) is 36.2 Å². The normalized spacial score (nSPS) is 12.7. The second-order valence-corrected chi connectivity index (χ2v) is 6.45. The average molecular weight is 370 g/mol. The molecule has 2 aromatic rings. The Morgan fingerprint density at radius 3 is 2.52 bits per heavy atom. The standard InChI is InChI=1S/C21H26N2O4/c1-15-7-6-10-19(11-15)27-14-18(25)13-22-21(26)12-20(23-16(2)24)17-8-4-3-5-9-17/h3-11,18,20,25H,12-14H2,1-2H3,(H,22,26)(H,23,24). The van der Waals surface area contributed by atoms with Crippen molar-refractivity contribution in [2.45, 2.75) is 32.4 Å². The highest BCUT2D eigenvalue weighted by Crippen LogP contribution is 2.16. The number of benzene rings is 2. The maximum Gasteiger partial charge on any atom is 0.222 e. The molecule has 0 aliphatic carbocycles. The van der Waals surface area contributed by atoms with Gasteiger partial charge in [0.15, 0.2) is 0 Å². The lowest BCUT2D eigenvalue weighted by Crippen LogP contribution is -2.37. The molecule has 0 aliphatic rings. The van der Waals surface area contributed by atoms with Crippen LogP contribution in [0, 0.1) is 6.92 Å². The number of hydrogen-bond acceptors (Lipinski definition) is 4. The largest absolute Gasteiger partial charge is 0.491 e. The van der Waals surface area contributed by atoms with Crippen molar-refractivity contribution in [3.05, 3.63) is 65.7 Å². The minimum absolute atomic E-state index is 0.0756. The Hall–Kier alpha value is -2.86. The Kier molecular flexibility index (Phi) is 7.82. The zero-order valence-corrected chi connectivity index (χ0v) is 15.6. The van der Waals surface area contributed by atoms with Crippen LogP contribution in [-0.2, 0) is 9.59 Å².